The van der Waals surface area contributed by atoms with Crippen LogP contribution in [0.15, 0.2) is 12.2 Å². The van der Waals surface area contributed by atoms with Crippen molar-refractivity contribution >= 4 is 5.97 Å². The van der Waals surface area contributed by atoms with Gasteiger partial charge in [0.25, 0.3) is 0 Å². The normalized spacial score (nSPS) is 15.9. The third kappa shape index (κ3) is 6.21. The number of aliphatic hydroxyl groups excluding tert-OH is 1. The Labute approximate surface area is 117 Å². The summed E-state index contributed by atoms with van der Waals surface area (Å²) in [6.07, 6.45) is 2.73. The number of hydrogen-bond acceptors (Lipinski definition) is 4. The molecule has 0 saturated carbocycles. The fraction of sp³-hybridized carbons (Fsp3) is 0.800. The van der Waals surface area contributed by atoms with Gasteiger partial charge in [0.2, 0.25) is 0 Å². The molecule has 0 aromatic carbocycles. The van der Waals surface area contributed by atoms with Crippen LogP contribution in [0.25, 0.3) is 0 Å². The topological polar surface area (TPSA) is 49.8 Å². The number of carbonyl (C=O) groups excluding carboxylic acids is 1. The highest BCUT2D eigenvalue weighted by molar-refractivity contribution is 5.88. The van der Waals surface area contributed by atoms with Crippen molar-refractivity contribution < 1.29 is 14.6 Å². The molecule has 3 atom stereocenters. The Kier molecular flexibility index (Phi) is 8.68. The smallest absolute Gasteiger partial charge is 0.337 e. The van der Waals surface area contributed by atoms with E-state index in [1.54, 1.807) is 11.8 Å². The van der Waals surface area contributed by atoms with Crippen molar-refractivity contribution in [3.8, 4) is 0 Å². The molecular weight excluding hydrogens is 242 g/mol. The van der Waals surface area contributed by atoms with E-state index >= 15 is 0 Å². The van der Waals surface area contributed by atoms with Crippen LogP contribution in [0.1, 0.15) is 46.5 Å². The molecule has 0 rings (SSSR count). The van der Waals surface area contributed by atoms with Gasteiger partial charge in [-0.25, -0.2) is 4.79 Å². The van der Waals surface area contributed by atoms with Gasteiger partial charge in [0.15, 0.2) is 6.23 Å². The first kappa shape index (κ1) is 18.1. The van der Waals surface area contributed by atoms with Crippen molar-refractivity contribution in [1.82, 2.24) is 4.90 Å². The number of aliphatic hydroxyl groups is 1. The van der Waals surface area contributed by atoms with Gasteiger partial charge in [0.05, 0.1) is 11.7 Å². The Balaban J connectivity index is 4.48. The first-order valence-corrected chi connectivity index (χ1v) is 7.09. The van der Waals surface area contributed by atoms with Crippen LogP contribution < -0.4 is 0 Å². The molecule has 0 aliphatic heterocycles. The van der Waals surface area contributed by atoms with Crippen molar-refractivity contribution in [3.05, 3.63) is 12.2 Å². The largest absolute Gasteiger partial charge is 0.443 e. The lowest BCUT2D eigenvalue weighted by Gasteiger charge is -2.25. The molecule has 0 aliphatic carbocycles. The minimum Gasteiger partial charge on any atom is -0.443 e. The average Bonchev–Trinajstić information content (AvgIpc) is 2.37. The van der Waals surface area contributed by atoms with E-state index < -0.39 is 12.1 Å². The summed E-state index contributed by atoms with van der Waals surface area (Å²) in [5.41, 5.74) is 0.164. The fourth-order valence-electron chi connectivity index (χ4n) is 1.79. The van der Waals surface area contributed by atoms with Crippen molar-refractivity contribution in [2.24, 2.45) is 5.92 Å². The third-order valence-electron chi connectivity index (χ3n) is 3.52. The second-order valence-corrected chi connectivity index (χ2v) is 5.25. The molecule has 112 valence electrons. The predicted octanol–water partition coefficient (Wildman–Crippen LogP) is 2.57. The van der Waals surface area contributed by atoms with Gasteiger partial charge >= 0.3 is 5.97 Å². The summed E-state index contributed by atoms with van der Waals surface area (Å²) < 4.78 is 5.22. The number of ether oxygens (including phenoxy) is 1. The van der Waals surface area contributed by atoms with Crippen LogP contribution in [0.5, 0.6) is 0 Å². The highest BCUT2D eigenvalue weighted by atomic mass is 16.6. The van der Waals surface area contributed by atoms with Crippen molar-refractivity contribution in [2.45, 2.75) is 58.8 Å². The minimum atomic E-state index is -0.807. The van der Waals surface area contributed by atoms with Crippen molar-refractivity contribution in [3.63, 3.8) is 0 Å². The first-order chi connectivity index (χ1) is 8.84. The first-order valence-electron chi connectivity index (χ1n) is 7.09. The number of unbranched alkanes of at least 4 members (excludes halogenated alkanes) is 1. The Bertz CT molecular complexity index is 289. The Hall–Kier alpha value is -0.870. The zero-order chi connectivity index (χ0) is 15.0. The average molecular weight is 271 g/mol. The Morgan fingerprint density at radius 2 is 1.95 bits per heavy atom. The third-order valence-corrected chi connectivity index (χ3v) is 3.52. The summed E-state index contributed by atoms with van der Waals surface area (Å²) in [5, 5.41) is 10.2. The van der Waals surface area contributed by atoms with Gasteiger partial charge in [-0.1, -0.05) is 39.7 Å². The lowest BCUT2D eigenvalue weighted by Crippen LogP contribution is -2.33. The molecule has 0 saturated heterocycles. The Morgan fingerprint density at radius 3 is 2.37 bits per heavy atom. The molecule has 19 heavy (non-hydrogen) atoms. The van der Waals surface area contributed by atoms with Gasteiger partial charge in [-0.05, 0) is 33.4 Å². The molecule has 0 bridgehead atoms. The van der Waals surface area contributed by atoms with Crippen LogP contribution in [0, 0.1) is 5.92 Å². The highest BCUT2D eigenvalue weighted by Crippen LogP contribution is 2.22. The van der Waals surface area contributed by atoms with Crippen molar-refractivity contribution in [1.29, 1.82) is 0 Å². The predicted molar refractivity (Wildman–Crippen MR) is 77.7 cm³/mol. The summed E-state index contributed by atoms with van der Waals surface area (Å²) in [5.74, 6) is -0.432. The molecular formula is C15H29NO3. The van der Waals surface area contributed by atoms with Crippen LogP contribution in [0.4, 0.5) is 0 Å². The van der Waals surface area contributed by atoms with Crippen molar-refractivity contribution in [2.75, 3.05) is 14.1 Å². The zero-order valence-electron chi connectivity index (χ0n) is 13.0. The van der Waals surface area contributed by atoms with Crippen LogP contribution in [0.2, 0.25) is 0 Å². The molecule has 4 heteroatoms. The van der Waals surface area contributed by atoms with Gasteiger partial charge in [0.1, 0.15) is 0 Å². The summed E-state index contributed by atoms with van der Waals surface area (Å²) >= 11 is 0. The zero-order valence-corrected chi connectivity index (χ0v) is 13.0. The summed E-state index contributed by atoms with van der Waals surface area (Å²) in [6, 6.07) is 0. The van der Waals surface area contributed by atoms with Gasteiger partial charge in [-0.3, -0.25) is 4.90 Å². The number of nitrogens with zero attached hydrogens (tertiary/aromatic N) is 1. The molecule has 0 radical (unpaired) electrons. The van der Waals surface area contributed by atoms with Crippen LogP contribution in [0.3, 0.4) is 0 Å². The SMILES string of the molecule is C=C(C(=O)OC(C)N(C)C)C(O)C(CC)CCCC. The standard InChI is InChI=1S/C15H29NO3/c1-7-9-10-13(8-2)14(17)11(3)15(18)19-12(4)16(5)6/h12-14,17H,3,7-10H2,1-2,4-6H3. The minimum absolute atomic E-state index is 0.0784. The monoisotopic (exact) mass is 271 g/mol. The van der Waals surface area contributed by atoms with Crippen LogP contribution >= 0.6 is 0 Å². The molecule has 0 heterocycles. The van der Waals surface area contributed by atoms with Gasteiger partial charge in [0, 0.05) is 0 Å². The molecule has 1 N–H and O–H groups in total. The quantitative estimate of drug-likeness (QED) is 0.398. The number of esters is 1. The number of hydrogen-bond donors (Lipinski definition) is 1. The van der Waals surface area contributed by atoms with Gasteiger partial charge in [-0.2, -0.15) is 0 Å². The van der Waals surface area contributed by atoms with E-state index in [-0.39, 0.29) is 17.7 Å². The van der Waals surface area contributed by atoms with E-state index in [2.05, 4.69) is 13.5 Å². The molecule has 0 fully saturated rings. The molecule has 0 aliphatic rings. The fourth-order valence-corrected chi connectivity index (χ4v) is 1.79. The summed E-state index contributed by atoms with van der Waals surface area (Å²) in [6.45, 7) is 9.61. The van der Waals surface area contributed by atoms with Crippen LogP contribution in [-0.4, -0.2) is 42.4 Å². The Morgan fingerprint density at radius 1 is 1.37 bits per heavy atom. The van der Waals surface area contributed by atoms with E-state index in [0.29, 0.717) is 0 Å². The maximum Gasteiger partial charge on any atom is 0.337 e. The van der Waals surface area contributed by atoms with Gasteiger partial charge in [-0.15, -0.1) is 0 Å². The number of rotatable bonds is 9. The van der Waals surface area contributed by atoms with E-state index in [4.69, 9.17) is 4.74 Å². The summed E-state index contributed by atoms with van der Waals surface area (Å²) in [7, 11) is 3.65. The van der Waals surface area contributed by atoms with E-state index in [0.717, 1.165) is 25.7 Å². The second-order valence-electron chi connectivity index (χ2n) is 5.25. The van der Waals surface area contributed by atoms with E-state index in [1.807, 2.05) is 21.0 Å². The molecule has 0 spiro atoms. The summed E-state index contributed by atoms with van der Waals surface area (Å²) in [4.78, 5) is 13.7. The molecule has 0 aromatic rings. The van der Waals surface area contributed by atoms with E-state index in [9.17, 15) is 9.90 Å². The van der Waals surface area contributed by atoms with Crippen LogP contribution in [-0.2, 0) is 9.53 Å². The molecule has 4 nitrogen and oxygen atoms in total. The molecule has 3 unspecified atom stereocenters. The maximum atomic E-state index is 11.9. The maximum absolute atomic E-state index is 11.9. The van der Waals surface area contributed by atoms with Gasteiger partial charge < -0.3 is 9.84 Å². The number of carbonyl (C=O) groups is 1. The van der Waals surface area contributed by atoms with E-state index in [1.165, 1.54) is 0 Å². The molecule has 0 amide bonds. The lowest BCUT2D eigenvalue weighted by molar-refractivity contribution is -0.152. The highest BCUT2D eigenvalue weighted by Gasteiger charge is 2.26. The second kappa shape index (κ2) is 9.10. The molecule has 0 aromatic heterocycles. The lowest BCUT2D eigenvalue weighted by atomic mass is 9.89.